The third kappa shape index (κ3) is 4.59. The third-order valence-corrected chi connectivity index (χ3v) is 3.26. The van der Waals surface area contributed by atoms with Crippen LogP contribution in [0.15, 0.2) is 60.3 Å². The molecule has 0 amide bonds. The van der Waals surface area contributed by atoms with Crippen LogP contribution in [0.25, 0.3) is 0 Å². The van der Waals surface area contributed by atoms with E-state index >= 15 is 0 Å². The topological polar surface area (TPSA) is 75.6 Å². The Labute approximate surface area is 138 Å². The maximum Gasteiger partial charge on any atom is 0.352 e. The number of hydrogen-bond donors (Lipinski definition) is 2. The molecule has 0 aliphatic carbocycles. The lowest BCUT2D eigenvalue weighted by Crippen LogP contribution is -2.13. The van der Waals surface area contributed by atoms with Crippen LogP contribution < -0.4 is 10.1 Å². The van der Waals surface area contributed by atoms with E-state index < -0.39 is 11.8 Å². The van der Waals surface area contributed by atoms with Gasteiger partial charge in [0.1, 0.15) is 11.4 Å². The van der Waals surface area contributed by atoms with Gasteiger partial charge in [-0.15, -0.1) is 0 Å². The van der Waals surface area contributed by atoms with Gasteiger partial charge in [0.2, 0.25) is 0 Å². The molecular weight excluding hydrogens is 318 g/mol. The van der Waals surface area contributed by atoms with Crippen molar-refractivity contribution in [1.29, 1.82) is 0 Å². The predicted molar refractivity (Wildman–Crippen MR) is 88.1 cm³/mol. The summed E-state index contributed by atoms with van der Waals surface area (Å²) in [6, 6.07) is 12.9. The van der Waals surface area contributed by atoms with E-state index in [1.165, 1.54) is 19.2 Å². The van der Waals surface area contributed by atoms with E-state index in [0.29, 0.717) is 22.0 Å². The maximum absolute atomic E-state index is 12.1. The molecule has 0 aliphatic rings. The molecule has 6 heteroatoms. The summed E-state index contributed by atoms with van der Waals surface area (Å²) >= 11 is 5.76. The van der Waals surface area contributed by atoms with Gasteiger partial charge >= 0.3 is 5.97 Å². The highest BCUT2D eigenvalue weighted by Crippen LogP contribution is 2.17. The van der Waals surface area contributed by atoms with E-state index in [-0.39, 0.29) is 5.70 Å². The predicted octanol–water partition coefficient (Wildman–Crippen LogP) is 3.61. The molecule has 5 nitrogen and oxygen atoms in total. The normalized spacial score (nSPS) is 11.0. The Morgan fingerprint density at radius 3 is 2.22 bits per heavy atom. The Morgan fingerprint density at radius 1 is 1.09 bits per heavy atom. The summed E-state index contributed by atoms with van der Waals surface area (Å²) in [7, 11) is 1.54. The second kappa shape index (κ2) is 7.47. The van der Waals surface area contributed by atoms with Gasteiger partial charge in [-0.05, 0) is 48.5 Å². The zero-order valence-corrected chi connectivity index (χ0v) is 13.0. The van der Waals surface area contributed by atoms with Crippen molar-refractivity contribution >= 4 is 29.0 Å². The summed E-state index contributed by atoms with van der Waals surface area (Å²) in [5.74, 6) is -1.02. The van der Waals surface area contributed by atoms with Gasteiger partial charge < -0.3 is 15.2 Å². The van der Waals surface area contributed by atoms with E-state index in [0.717, 1.165) is 6.08 Å². The first-order chi connectivity index (χ1) is 11.0. The van der Waals surface area contributed by atoms with Gasteiger partial charge in [0, 0.05) is 22.3 Å². The van der Waals surface area contributed by atoms with Crippen molar-refractivity contribution in [2.45, 2.75) is 0 Å². The number of benzene rings is 2. The van der Waals surface area contributed by atoms with Crippen molar-refractivity contribution in [1.82, 2.24) is 0 Å². The average Bonchev–Trinajstić information content (AvgIpc) is 2.55. The zero-order valence-electron chi connectivity index (χ0n) is 12.2. The number of carboxylic acids is 1. The fourth-order valence-corrected chi connectivity index (χ4v) is 1.94. The first kappa shape index (κ1) is 16.6. The molecule has 2 rings (SSSR count). The molecular formula is C17H14ClNO4. The molecule has 0 aliphatic heterocycles. The van der Waals surface area contributed by atoms with Crippen molar-refractivity contribution in [3.63, 3.8) is 0 Å². The van der Waals surface area contributed by atoms with Crippen LogP contribution >= 0.6 is 11.6 Å². The molecule has 0 radical (unpaired) electrons. The van der Waals surface area contributed by atoms with Crippen LogP contribution in [0.5, 0.6) is 5.75 Å². The maximum atomic E-state index is 12.1. The van der Waals surface area contributed by atoms with Crippen LogP contribution in [0.3, 0.4) is 0 Å². The molecule has 0 fully saturated rings. The van der Waals surface area contributed by atoms with E-state index in [4.69, 9.17) is 16.3 Å². The Balaban J connectivity index is 2.21. The molecule has 2 N–H and O–H groups in total. The minimum absolute atomic E-state index is 0.227. The average molecular weight is 332 g/mol. The number of carboxylic acid groups (broad SMARTS) is 1. The third-order valence-electron chi connectivity index (χ3n) is 3.00. The number of halogens is 1. The number of rotatable bonds is 6. The Morgan fingerprint density at radius 2 is 1.70 bits per heavy atom. The second-order valence-corrected chi connectivity index (χ2v) is 5.02. The number of anilines is 1. The summed E-state index contributed by atoms with van der Waals surface area (Å²) in [6.45, 7) is 0. The van der Waals surface area contributed by atoms with Crippen LogP contribution in [0.1, 0.15) is 10.4 Å². The molecule has 118 valence electrons. The number of carbonyl (C=O) groups is 2. The lowest BCUT2D eigenvalue weighted by molar-refractivity contribution is -0.132. The van der Waals surface area contributed by atoms with Gasteiger partial charge in [0.25, 0.3) is 0 Å². The first-order valence-corrected chi connectivity index (χ1v) is 7.03. The highest BCUT2D eigenvalue weighted by Gasteiger charge is 2.12. The monoisotopic (exact) mass is 331 g/mol. The Kier molecular flexibility index (Phi) is 5.38. The summed E-state index contributed by atoms with van der Waals surface area (Å²) in [5, 5.41) is 12.4. The molecule has 0 unspecified atom stereocenters. The van der Waals surface area contributed by atoms with Crippen LogP contribution in [0, 0.1) is 0 Å². The van der Waals surface area contributed by atoms with E-state index in [1.54, 1.807) is 36.4 Å². The van der Waals surface area contributed by atoms with Gasteiger partial charge in [-0.25, -0.2) is 4.79 Å². The number of aliphatic carboxylic acids is 1. The molecule has 0 saturated carbocycles. The highest BCUT2D eigenvalue weighted by atomic mass is 35.5. The number of ketones is 1. The number of carbonyl (C=O) groups excluding carboxylic acids is 1. The molecule has 23 heavy (non-hydrogen) atoms. The SMILES string of the molecule is COc1ccc(N/C(=C\C(=O)c2ccc(Cl)cc2)C(=O)O)cc1. The second-order valence-electron chi connectivity index (χ2n) is 4.59. The molecule has 0 aromatic heterocycles. The number of methoxy groups -OCH3 is 1. The lowest BCUT2D eigenvalue weighted by Gasteiger charge is -2.08. The van der Waals surface area contributed by atoms with Crippen LogP contribution in [0.2, 0.25) is 5.02 Å². The largest absolute Gasteiger partial charge is 0.497 e. The Hall–Kier alpha value is -2.79. The smallest absolute Gasteiger partial charge is 0.352 e. The number of ether oxygens (including phenoxy) is 1. The molecule has 2 aromatic rings. The van der Waals surface area contributed by atoms with Gasteiger partial charge in [-0.1, -0.05) is 11.6 Å². The van der Waals surface area contributed by atoms with Crippen molar-refractivity contribution in [3.05, 3.63) is 70.9 Å². The minimum Gasteiger partial charge on any atom is -0.497 e. The Bertz CT molecular complexity index is 736. The minimum atomic E-state index is -1.23. The van der Waals surface area contributed by atoms with E-state index in [9.17, 15) is 14.7 Å². The fraction of sp³-hybridized carbons (Fsp3) is 0.0588. The number of allylic oxidation sites excluding steroid dienone is 1. The number of hydrogen-bond acceptors (Lipinski definition) is 4. The first-order valence-electron chi connectivity index (χ1n) is 6.65. The van der Waals surface area contributed by atoms with Crippen molar-refractivity contribution in [2.75, 3.05) is 12.4 Å². The zero-order chi connectivity index (χ0) is 16.8. The molecule has 0 saturated heterocycles. The van der Waals surface area contributed by atoms with E-state index in [1.807, 2.05) is 0 Å². The molecule has 0 atom stereocenters. The van der Waals surface area contributed by atoms with Crippen molar-refractivity contribution in [2.24, 2.45) is 0 Å². The molecule has 0 heterocycles. The van der Waals surface area contributed by atoms with Crippen molar-refractivity contribution < 1.29 is 19.4 Å². The lowest BCUT2D eigenvalue weighted by atomic mass is 10.1. The highest BCUT2D eigenvalue weighted by molar-refractivity contribution is 6.30. The van der Waals surface area contributed by atoms with Crippen LogP contribution in [-0.4, -0.2) is 24.0 Å². The molecule has 0 spiro atoms. The quantitative estimate of drug-likeness (QED) is 0.624. The fourth-order valence-electron chi connectivity index (χ4n) is 1.81. The summed E-state index contributed by atoms with van der Waals surface area (Å²) in [6.07, 6.45) is 1.04. The van der Waals surface area contributed by atoms with Crippen LogP contribution in [-0.2, 0) is 4.79 Å². The van der Waals surface area contributed by atoms with Gasteiger partial charge in [-0.3, -0.25) is 4.79 Å². The molecule has 0 bridgehead atoms. The molecule has 2 aromatic carbocycles. The van der Waals surface area contributed by atoms with Gasteiger partial charge in [0.15, 0.2) is 5.78 Å². The van der Waals surface area contributed by atoms with Gasteiger partial charge in [-0.2, -0.15) is 0 Å². The summed E-state index contributed by atoms with van der Waals surface area (Å²) in [5.41, 5.74) is 0.656. The summed E-state index contributed by atoms with van der Waals surface area (Å²) in [4.78, 5) is 23.4. The standard InChI is InChI=1S/C17H14ClNO4/c1-23-14-8-6-13(7-9-14)19-15(17(21)22)10-16(20)11-2-4-12(18)5-3-11/h2-10,19H,1H3,(H,21,22)/b15-10-. The van der Waals surface area contributed by atoms with Crippen LogP contribution in [0.4, 0.5) is 5.69 Å². The van der Waals surface area contributed by atoms with E-state index in [2.05, 4.69) is 5.32 Å². The number of nitrogens with one attached hydrogen (secondary N) is 1. The van der Waals surface area contributed by atoms with Crippen molar-refractivity contribution in [3.8, 4) is 5.75 Å². The summed E-state index contributed by atoms with van der Waals surface area (Å²) < 4.78 is 5.03. The van der Waals surface area contributed by atoms with Gasteiger partial charge in [0.05, 0.1) is 7.11 Å².